The zero-order chi connectivity index (χ0) is 24.8. The van der Waals surface area contributed by atoms with Crippen LogP contribution in [0, 0.1) is 0 Å². The molecule has 188 valence electrons. The molecule has 0 unspecified atom stereocenters. The number of aryl methyl sites for hydroxylation is 1. The number of hydrogen-bond donors (Lipinski definition) is 1. The van der Waals surface area contributed by atoms with Gasteiger partial charge >= 0.3 is 6.03 Å². The van der Waals surface area contributed by atoms with Gasteiger partial charge in [-0.1, -0.05) is 61.5 Å². The highest BCUT2D eigenvalue weighted by molar-refractivity contribution is 7.59. The van der Waals surface area contributed by atoms with Crippen LogP contribution in [0.4, 0.5) is 10.5 Å². The second-order valence-corrected chi connectivity index (χ2v) is 8.46. The summed E-state index contributed by atoms with van der Waals surface area (Å²) < 4.78 is 7.25. The molecule has 4 aromatic rings. The molecule has 0 aliphatic rings. The van der Waals surface area contributed by atoms with Crippen molar-refractivity contribution >= 4 is 36.2 Å². The van der Waals surface area contributed by atoms with E-state index in [1.807, 2.05) is 79.7 Å². The number of hydrogen-bond acceptors (Lipinski definition) is 4. The second kappa shape index (κ2) is 12.3. The van der Waals surface area contributed by atoms with Crippen LogP contribution in [0.5, 0.6) is 5.75 Å². The number of rotatable bonds is 8. The number of carbonyl (C=O) groups excluding carboxylic acids is 1. The Morgan fingerprint density at radius 1 is 1.03 bits per heavy atom. The summed E-state index contributed by atoms with van der Waals surface area (Å²) in [5.41, 5.74) is 3.25. The molecule has 36 heavy (non-hydrogen) atoms. The van der Waals surface area contributed by atoms with Crippen molar-refractivity contribution < 1.29 is 9.53 Å². The molecule has 0 fully saturated rings. The van der Waals surface area contributed by atoms with Crippen molar-refractivity contribution in [2.24, 2.45) is 7.05 Å². The fraction of sp³-hybridized carbons (Fsp3) is 0.250. The van der Waals surface area contributed by atoms with Crippen molar-refractivity contribution in [1.29, 1.82) is 0 Å². The fourth-order valence-electron chi connectivity index (χ4n) is 4.10. The van der Waals surface area contributed by atoms with Crippen molar-refractivity contribution in [2.45, 2.75) is 26.3 Å². The van der Waals surface area contributed by atoms with E-state index in [-0.39, 0.29) is 37.5 Å². The zero-order valence-electron chi connectivity index (χ0n) is 20.8. The van der Waals surface area contributed by atoms with Gasteiger partial charge in [-0.3, -0.25) is 4.79 Å². The molecule has 3 aromatic carbocycles. The molecule has 1 heterocycles. The lowest BCUT2D eigenvalue weighted by atomic mass is 10.0. The third-order valence-corrected chi connectivity index (χ3v) is 5.97. The quantitative estimate of drug-likeness (QED) is 0.354. The minimum absolute atomic E-state index is 0. The van der Waals surface area contributed by atoms with Gasteiger partial charge in [0.1, 0.15) is 11.4 Å². The van der Waals surface area contributed by atoms with Crippen LogP contribution in [0.3, 0.4) is 0 Å². The van der Waals surface area contributed by atoms with Crippen molar-refractivity contribution in [2.75, 3.05) is 18.5 Å². The molecule has 0 radical (unpaired) electrons. The highest BCUT2D eigenvalue weighted by Crippen LogP contribution is 2.25. The summed E-state index contributed by atoms with van der Waals surface area (Å²) in [6, 6.07) is 24.5. The number of benzene rings is 3. The van der Waals surface area contributed by atoms with Gasteiger partial charge in [-0.15, -0.1) is 0 Å². The largest absolute Gasteiger partial charge is 0.492 e. The third kappa shape index (κ3) is 6.07. The molecule has 1 aromatic heterocycles. The van der Waals surface area contributed by atoms with Gasteiger partial charge < -0.3 is 19.5 Å². The van der Waals surface area contributed by atoms with E-state index in [2.05, 4.69) is 17.2 Å². The lowest BCUT2D eigenvalue weighted by Crippen LogP contribution is -2.39. The number of aromatic nitrogens is 2. The monoisotopic (exact) mass is 504 g/mol. The topological polar surface area (TPSA) is 76.5 Å². The Hall–Kier alpha value is -3.78. The lowest BCUT2D eigenvalue weighted by molar-refractivity contribution is 0.205. The van der Waals surface area contributed by atoms with Crippen LogP contribution in [0.2, 0.25) is 0 Å². The molecule has 0 aliphatic heterocycles. The van der Waals surface area contributed by atoms with Crippen molar-refractivity contribution in [1.82, 2.24) is 14.5 Å². The first-order valence-corrected chi connectivity index (χ1v) is 11.7. The Bertz CT molecular complexity index is 1370. The van der Waals surface area contributed by atoms with Crippen LogP contribution in [-0.2, 0) is 13.6 Å². The van der Waals surface area contributed by atoms with Gasteiger partial charge in [-0.2, -0.15) is 13.5 Å². The van der Waals surface area contributed by atoms with Crippen molar-refractivity contribution in [3.05, 3.63) is 100 Å². The van der Waals surface area contributed by atoms with Crippen LogP contribution in [0.1, 0.15) is 31.0 Å². The minimum Gasteiger partial charge on any atom is -0.492 e. The molecule has 0 spiro atoms. The normalized spacial score (nSPS) is 11.4. The summed E-state index contributed by atoms with van der Waals surface area (Å²) in [6.07, 6.45) is 0. The molecular weight excluding hydrogens is 472 g/mol. The highest BCUT2D eigenvalue weighted by atomic mass is 32.1. The standard InChI is InChI=1S/C28H30N4O3.H2S/c1-4-35-26-17-11-9-15-23(26)30-28(34)32(18-20(2)21-12-6-5-7-13-21)19-24-27(33)31(3)25-16-10-8-14-22(25)29-24;/h5-17,20H,4,18-19H2,1-3H3,(H,30,34);1H2/t20-;/m1./s1. The van der Waals surface area contributed by atoms with E-state index in [4.69, 9.17) is 4.74 Å². The molecule has 7 nitrogen and oxygen atoms in total. The Kier molecular flexibility index (Phi) is 9.13. The number of nitrogens with zero attached hydrogens (tertiary/aromatic N) is 3. The van der Waals surface area contributed by atoms with E-state index in [0.717, 1.165) is 11.1 Å². The fourth-order valence-corrected chi connectivity index (χ4v) is 4.10. The average Bonchev–Trinajstić information content (AvgIpc) is 2.88. The first-order valence-electron chi connectivity index (χ1n) is 11.7. The van der Waals surface area contributed by atoms with Crippen LogP contribution < -0.4 is 15.6 Å². The van der Waals surface area contributed by atoms with Gasteiger partial charge in [0.05, 0.1) is 29.9 Å². The van der Waals surface area contributed by atoms with Crippen LogP contribution in [0.15, 0.2) is 83.7 Å². The number of fused-ring (bicyclic) bond motifs is 1. The molecule has 2 amide bonds. The van der Waals surface area contributed by atoms with E-state index < -0.39 is 0 Å². The maximum Gasteiger partial charge on any atom is 0.322 e. The van der Waals surface area contributed by atoms with Gasteiger partial charge in [0, 0.05) is 13.6 Å². The highest BCUT2D eigenvalue weighted by Gasteiger charge is 2.22. The summed E-state index contributed by atoms with van der Waals surface area (Å²) in [5, 5.41) is 2.97. The van der Waals surface area contributed by atoms with Gasteiger partial charge in [0.25, 0.3) is 5.56 Å². The predicted octanol–water partition coefficient (Wildman–Crippen LogP) is 5.28. The van der Waals surface area contributed by atoms with Crippen LogP contribution in [0.25, 0.3) is 11.0 Å². The summed E-state index contributed by atoms with van der Waals surface area (Å²) in [7, 11) is 1.73. The van der Waals surface area contributed by atoms with E-state index in [9.17, 15) is 9.59 Å². The molecule has 0 aliphatic carbocycles. The van der Waals surface area contributed by atoms with Crippen molar-refractivity contribution in [3.63, 3.8) is 0 Å². The van der Waals surface area contributed by atoms with Gasteiger partial charge in [0.2, 0.25) is 0 Å². The Morgan fingerprint density at radius 3 is 2.44 bits per heavy atom. The van der Waals surface area contributed by atoms with E-state index in [1.54, 1.807) is 22.6 Å². The second-order valence-electron chi connectivity index (χ2n) is 8.46. The molecular formula is C28H32N4O3S. The number of para-hydroxylation sites is 4. The minimum atomic E-state index is -0.322. The van der Waals surface area contributed by atoms with Crippen LogP contribution in [-0.4, -0.2) is 33.6 Å². The van der Waals surface area contributed by atoms with Crippen LogP contribution >= 0.6 is 13.5 Å². The van der Waals surface area contributed by atoms with Crippen molar-refractivity contribution in [3.8, 4) is 5.75 Å². The average molecular weight is 505 g/mol. The number of nitrogens with one attached hydrogen (secondary N) is 1. The van der Waals surface area contributed by atoms with Gasteiger partial charge in [0.15, 0.2) is 0 Å². The molecule has 8 heteroatoms. The zero-order valence-corrected chi connectivity index (χ0v) is 21.8. The first kappa shape index (κ1) is 26.8. The van der Waals surface area contributed by atoms with E-state index in [0.29, 0.717) is 35.8 Å². The summed E-state index contributed by atoms with van der Waals surface area (Å²) >= 11 is 0. The van der Waals surface area contributed by atoms with E-state index in [1.165, 1.54) is 0 Å². The SMILES string of the molecule is CCOc1ccccc1NC(=O)N(Cc1nc2ccccc2n(C)c1=O)C[C@@H](C)c1ccccc1.S. The van der Waals surface area contributed by atoms with E-state index >= 15 is 0 Å². The number of ether oxygens (including phenoxy) is 1. The molecule has 0 saturated carbocycles. The van der Waals surface area contributed by atoms with Gasteiger partial charge in [-0.05, 0) is 42.7 Å². The molecule has 0 saturated heterocycles. The molecule has 0 bridgehead atoms. The lowest BCUT2D eigenvalue weighted by Gasteiger charge is -2.27. The first-order chi connectivity index (χ1) is 17.0. The maximum atomic E-state index is 13.5. The summed E-state index contributed by atoms with van der Waals surface area (Å²) in [5.74, 6) is 0.646. The molecule has 1 N–H and O–H groups in total. The Labute approximate surface area is 218 Å². The maximum absolute atomic E-state index is 13.5. The third-order valence-electron chi connectivity index (χ3n) is 5.97. The number of urea groups is 1. The Morgan fingerprint density at radius 2 is 1.69 bits per heavy atom. The Balaban J connectivity index is 0.00000361. The number of carbonyl (C=O) groups is 1. The molecule has 4 rings (SSSR count). The van der Waals surface area contributed by atoms with Gasteiger partial charge in [-0.25, -0.2) is 9.78 Å². The summed E-state index contributed by atoms with van der Waals surface area (Å²) in [4.78, 5) is 32.9. The predicted molar refractivity (Wildman–Crippen MR) is 149 cm³/mol. The molecule has 1 atom stereocenters. The smallest absolute Gasteiger partial charge is 0.322 e. The number of amides is 2. The summed E-state index contributed by atoms with van der Waals surface area (Å²) in [6.45, 7) is 4.93. The number of anilines is 1.